The monoisotopic (exact) mass is 360 g/mol. The van der Waals surface area contributed by atoms with Crippen molar-refractivity contribution < 1.29 is 14.4 Å². The summed E-state index contributed by atoms with van der Waals surface area (Å²) < 4.78 is 0. The molecule has 0 spiro atoms. The van der Waals surface area contributed by atoms with E-state index in [-0.39, 0.29) is 30.2 Å². The van der Waals surface area contributed by atoms with Crippen LogP contribution in [0.15, 0.2) is 30.3 Å². The third-order valence-electron chi connectivity index (χ3n) is 4.77. The molecular weight excluding hydrogens is 332 g/mol. The fourth-order valence-electron chi connectivity index (χ4n) is 2.96. The minimum Gasteiger partial charge on any atom is -0.346 e. The van der Waals surface area contributed by atoms with Gasteiger partial charge in [-0.1, -0.05) is 32.0 Å². The number of rotatable bonds is 6. The van der Waals surface area contributed by atoms with Gasteiger partial charge in [0.25, 0.3) is 0 Å². The normalized spacial score (nSPS) is 18.6. The first kappa shape index (κ1) is 19.9. The van der Waals surface area contributed by atoms with E-state index in [2.05, 4.69) is 5.32 Å². The molecule has 2 rings (SSSR count). The standard InChI is InChI=1S/C19H28N4O3/c1-13(2)17(20)18(25)21-12-16(24)22(3)15-10-7-11-23(19(15)26)14-8-5-4-6-9-14/h4-6,8-9,13,15,17H,7,10-12,20H2,1-3H3,(H,21,25)/t15?,17-/m0/s1. The number of para-hydroxylation sites is 1. The number of anilines is 1. The van der Waals surface area contributed by atoms with E-state index in [1.165, 1.54) is 4.90 Å². The maximum absolute atomic E-state index is 12.8. The lowest BCUT2D eigenvalue weighted by atomic mass is 10.0. The molecule has 142 valence electrons. The molecule has 7 heteroatoms. The van der Waals surface area contributed by atoms with Gasteiger partial charge in [0, 0.05) is 19.3 Å². The van der Waals surface area contributed by atoms with Crippen molar-refractivity contribution in [3.8, 4) is 0 Å². The van der Waals surface area contributed by atoms with Crippen molar-refractivity contribution in [2.75, 3.05) is 25.0 Å². The third kappa shape index (κ3) is 4.60. The van der Waals surface area contributed by atoms with Crippen LogP contribution in [0.2, 0.25) is 0 Å². The maximum atomic E-state index is 12.8. The Morgan fingerprint density at radius 2 is 1.96 bits per heavy atom. The van der Waals surface area contributed by atoms with Crippen LogP contribution in [-0.4, -0.2) is 54.8 Å². The summed E-state index contributed by atoms with van der Waals surface area (Å²) in [6, 6.07) is 8.26. The zero-order chi connectivity index (χ0) is 19.3. The quantitative estimate of drug-likeness (QED) is 0.782. The molecule has 1 aromatic rings. The number of piperidine rings is 1. The van der Waals surface area contributed by atoms with Crippen molar-refractivity contribution in [1.29, 1.82) is 0 Å². The molecule has 0 saturated carbocycles. The van der Waals surface area contributed by atoms with E-state index < -0.39 is 12.1 Å². The van der Waals surface area contributed by atoms with Gasteiger partial charge in [-0.2, -0.15) is 0 Å². The number of carbonyl (C=O) groups excluding carboxylic acids is 3. The molecule has 1 saturated heterocycles. The molecule has 0 bridgehead atoms. The van der Waals surface area contributed by atoms with E-state index in [1.54, 1.807) is 11.9 Å². The first-order valence-electron chi connectivity index (χ1n) is 8.98. The average Bonchev–Trinajstić information content (AvgIpc) is 2.65. The highest BCUT2D eigenvalue weighted by Gasteiger charge is 2.34. The number of carbonyl (C=O) groups is 3. The Balaban J connectivity index is 1.97. The first-order valence-corrected chi connectivity index (χ1v) is 8.98. The number of benzene rings is 1. The van der Waals surface area contributed by atoms with E-state index in [0.717, 1.165) is 12.1 Å². The van der Waals surface area contributed by atoms with Crippen LogP contribution < -0.4 is 16.0 Å². The summed E-state index contributed by atoms with van der Waals surface area (Å²) in [5, 5.41) is 2.56. The Kier molecular flexibility index (Phi) is 6.74. The molecule has 1 unspecified atom stereocenters. The van der Waals surface area contributed by atoms with E-state index in [9.17, 15) is 14.4 Å². The number of amides is 3. The fourth-order valence-corrected chi connectivity index (χ4v) is 2.96. The van der Waals surface area contributed by atoms with Gasteiger partial charge < -0.3 is 20.9 Å². The zero-order valence-electron chi connectivity index (χ0n) is 15.6. The van der Waals surface area contributed by atoms with Crippen molar-refractivity contribution in [2.45, 2.75) is 38.8 Å². The van der Waals surface area contributed by atoms with Crippen LogP contribution in [-0.2, 0) is 14.4 Å². The lowest BCUT2D eigenvalue weighted by molar-refractivity contribution is -0.139. The van der Waals surface area contributed by atoms with Crippen LogP contribution in [0.4, 0.5) is 5.69 Å². The van der Waals surface area contributed by atoms with Crippen LogP contribution in [0.5, 0.6) is 0 Å². The average molecular weight is 360 g/mol. The molecule has 7 nitrogen and oxygen atoms in total. The molecule has 2 atom stereocenters. The Morgan fingerprint density at radius 1 is 1.31 bits per heavy atom. The third-order valence-corrected chi connectivity index (χ3v) is 4.77. The molecule has 1 aliphatic rings. The topological polar surface area (TPSA) is 95.7 Å². The van der Waals surface area contributed by atoms with E-state index in [1.807, 2.05) is 44.2 Å². The van der Waals surface area contributed by atoms with Crippen molar-refractivity contribution >= 4 is 23.4 Å². The molecule has 1 heterocycles. The number of nitrogens with one attached hydrogen (secondary N) is 1. The van der Waals surface area contributed by atoms with Crippen LogP contribution in [0.3, 0.4) is 0 Å². The molecule has 0 aliphatic carbocycles. The smallest absolute Gasteiger partial charge is 0.249 e. The van der Waals surface area contributed by atoms with Gasteiger partial charge in [0.2, 0.25) is 17.7 Å². The summed E-state index contributed by atoms with van der Waals surface area (Å²) in [6.45, 7) is 4.17. The van der Waals surface area contributed by atoms with E-state index >= 15 is 0 Å². The summed E-state index contributed by atoms with van der Waals surface area (Å²) in [6.07, 6.45) is 1.43. The summed E-state index contributed by atoms with van der Waals surface area (Å²) in [7, 11) is 1.61. The molecule has 1 aromatic carbocycles. The predicted molar refractivity (Wildman–Crippen MR) is 100 cm³/mol. The zero-order valence-corrected chi connectivity index (χ0v) is 15.6. The number of likely N-dealkylation sites (N-methyl/N-ethyl adjacent to an activating group) is 1. The molecular formula is C19H28N4O3. The number of hydrogen-bond donors (Lipinski definition) is 2. The first-order chi connectivity index (χ1) is 12.3. The lowest BCUT2D eigenvalue weighted by Gasteiger charge is -2.37. The van der Waals surface area contributed by atoms with Gasteiger partial charge in [0.15, 0.2) is 0 Å². The molecule has 1 fully saturated rings. The second-order valence-corrected chi connectivity index (χ2v) is 6.98. The van der Waals surface area contributed by atoms with Gasteiger partial charge in [-0.05, 0) is 30.9 Å². The summed E-state index contributed by atoms with van der Waals surface area (Å²) in [5.41, 5.74) is 6.60. The lowest BCUT2D eigenvalue weighted by Crippen LogP contribution is -2.55. The van der Waals surface area contributed by atoms with Crippen molar-refractivity contribution in [3.05, 3.63) is 30.3 Å². The Labute approximate surface area is 154 Å². The van der Waals surface area contributed by atoms with Crippen molar-refractivity contribution in [1.82, 2.24) is 10.2 Å². The van der Waals surface area contributed by atoms with Crippen LogP contribution in [0, 0.1) is 5.92 Å². The van der Waals surface area contributed by atoms with Gasteiger partial charge in [0.1, 0.15) is 6.04 Å². The summed E-state index contributed by atoms with van der Waals surface area (Å²) in [5.74, 6) is -0.768. The van der Waals surface area contributed by atoms with Gasteiger partial charge in [-0.3, -0.25) is 14.4 Å². The Hall–Kier alpha value is -2.41. The maximum Gasteiger partial charge on any atom is 0.249 e. The predicted octanol–water partition coefficient (Wildman–Crippen LogP) is 0.740. The Bertz CT molecular complexity index is 647. The highest BCUT2D eigenvalue weighted by atomic mass is 16.2. The fraction of sp³-hybridized carbons (Fsp3) is 0.526. The van der Waals surface area contributed by atoms with E-state index in [4.69, 9.17) is 5.73 Å². The van der Waals surface area contributed by atoms with Gasteiger partial charge >= 0.3 is 0 Å². The highest BCUT2D eigenvalue weighted by molar-refractivity contribution is 6.00. The highest BCUT2D eigenvalue weighted by Crippen LogP contribution is 2.23. The largest absolute Gasteiger partial charge is 0.346 e. The van der Waals surface area contributed by atoms with E-state index in [0.29, 0.717) is 13.0 Å². The summed E-state index contributed by atoms with van der Waals surface area (Å²) >= 11 is 0. The molecule has 1 aliphatic heterocycles. The van der Waals surface area contributed by atoms with Gasteiger partial charge in [-0.15, -0.1) is 0 Å². The molecule has 3 amide bonds. The minimum absolute atomic E-state index is 0.0119. The second kappa shape index (κ2) is 8.80. The van der Waals surface area contributed by atoms with Gasteiger partial charge in [0.05, 0.1) is 12.6 Å². The van der Waals surface area contributed by atoms with Crippen LogP contribution in [0.1, 0.15) is 26.7 Å². The van der Waals surface area contributed by atoms with Crippen LogP contribution in [0.25, 0.3) is 0 Å². The number of nitrogens with two attached hydrogens (primary N) is 1. The summed E-state index contributed by atoms with van der Waals surface area (Å²) in [4.78, 5) is 40.3. The SMILES string of the molecule is CC(C)[C@H](N)C(=O)NCC(=O)N(C)C1CCCN(c2ccccc2)C1=O. The molecule has 26 heavy (non-hydrogen) atoms. The second-order valence-electron chi connectivity index (χ2n) is 6.98. The van der Waals surface area contributed by atoms with Crippen LogP contribution >= 0.6 is 0 Å². The number of nitrogens with zero attached hydrogens (tertiary/aromatic N) is 2. The molecule has 0 radical (unpaired) electrons. The minimum atomic E-state index is -0.655. The molecule has 3 N–H and O–H groups in total. The molecule has 0 aromatic heterocycles. The Morgan fingerprint density at radius 3 is 2.58 bits per heavy atom. The van der Waals surface area contributed by atoms with Gasteiger partial charge in [-0.25, -0.2) is 0 Å². The van der Waals surface area contributed by atoms with Crippen molar-refractivity contribution in [3.63, 3.8) is 0 Å². The van der Waals surface area contributed by atoms with Crippen molar-refractivity contribution in [2.24, 2.45) is 11.7 Å². The number of hydrogen-bond acceptors (Lipinski definition) is 4.